The Bertz CT molecular complexity index is 416. The van der Waals surface area contributed by atoms with Crippen molar-refractivity contribution in [2.24, 2.45) is 5.92 Å². The minimum atomic E-state index is -3.46. The second-order valence-electron chi connectivity index (χ2n) is 6.69. The largest absolute Gasteiger partial charge is 0.389 e. The molecule has 0 bridgehead atoms. The molecule has 1 aliphatic heterocycles. The van der Waals surface area contributed by atoms with Crippen molar-refractivity contribution in [2.75, 3.05) is 13.1 Å². The van der Waals surface area contributed by atoms with Crippen LogP contribution in [0.1, 0.15) is 58.8 Å². The van der Waals surface area contributed by atoms with Gasteiger partial charge in [-0.2, -0.15) is 17.4 Å². The number of nitrogens with one attached hydrogen (secondary N) is 1. The predicted molar refractivity (Wildman–Crippen MR) is 79.5 cm³/mol. The van der Waals surface area contributed by atoms with E-state index in [-0.39, 0.29) is 12.6 Å². The summed E-state index contributed by atoms with van der Waals surface area (Å²) in [6.07, 6.45) is 6.25. The highest BCUT2D eigenvalue weighted by Crippen LogP contribution is 2.31. The topological polar surface area (TPSA) is 69.6 Å². The summed E-state index contributed by atoms with van der Waals surface area (Å²) in [5.41, 5.74) is -0.862. The zero-order valence-corrected chi connectivity index (χ0v) is 13.5. The molecule has 20 heavy (non-hydrogen) atoms. The van der Waals surface area contributed by atoms with Crippen LogP contribution < -0.4 is 4.72 Å². The van der Waals surface area contributed by atoms with Gasteiger partial charge >= 0.3 is 0 Å². The van der Waals surface area contributed by atoms with Gasteiger partial charge in [-0.1, -0.05) is 13.3 Å². The molecule has 1 heterocycles. The molecular formula is C14H28N2O3S. The van der Waals surface area contributed by atoms with Crippen LogP contribution in [0.15, 0.2) is 0 Å². The van der Waals surface area contributed by atoms with Crippen LogP contribution >= 0.6 is 0 Å². The minimum Gasteiger partial charge on any atom is -0.389 e. The number of hydrogen-bond donors (Lipinski definition) is 2. The van der Waals surface area contributed by atoms with Gasteiger partial charge in [-0.05, 0) is 51.4 Å². The van der Waals surface area contributed by atoms with Gasteiger partial charge in [0.1, 0.15) is 0 Å². The van der Waals surface area contributed by atoms with Crippen molar-refractivity contribution in [2.45, 2.75) is 70.4 Å². The molecule has 2 N–H and O–H groups in total. The molecular weight excluding hydrogens is 276 g/mol. The number of hydrogen-bond acceptors (Lipinski definition) is 3. The fourth-order valence-electron chi connectivity index (χ4n) is 3.21. The fourth-order valence-corrected chi connectivity index (χ4v) is 4.78. The first-order chi connectivity index (χ1) is 9.32. The van der Waals surface area contributed by atoms with Gasteiger partial charge in [0.2, 0.25) is 0 Å². The lowest BCUT2D eigenvalue weighted by Gasteiger charge is -2.37. The lowest BCUT2D eigenvalue weighted by atomic mass is 9.80. The van der Waals surface area contributed by atoms with Gasteiger partial charge in [-0.15, -0.1) is 0 Å². The third kappa shape index (κ3) is 3.93. The Kier molecular flexibility index (Phi) is 5.10. The maximum absolute atomic E-state index is 12.3. The average molecular weight is 304 g/mol. The van der Waals surface area contributed by atoms with Gasteiger partial charge in [0.15, 0.2) is 0 Å². The van der Waals surface area contributed by atoms with E-state index >= 15 is 0 Å². The zero-order valence-electron chi connectivity index (χ0n) is 12.6. The summed E-state index contributed by atoms with van der Waals surface area (Å²) in [7, 11) is -3.46. The third-order valence-electron chi connectivity index (χ3n) is 4.84. The highest BCUT2D eigenvalue weighted by atomic mass is 32.2. The van der Waals surface area contributed by atoms with Gasteiger partial charge in [0.25, 0.3) is 10.2 Å². The van der Waals surface area contributed by atoms with E-state index in [2.05, 4.69) is 11.6 Å². The average Bonchev–Trinajstić information content (AvgIpc) is 2.41. The van der Waals surface area contributed by atoms with E-state index in [4.69, 9.17) is 0 Å². The molecule has 1 unspecified atom stereocenters. The van der Waals surface area contributed by atoms with E-state index in [1.807, 2.05) is 6.92 Å². The predicted octanol–water partition coefficient (Wildman–Crippen LogP) is 1.64. The molecule has 0 spiro atoms. The number of rotatable bonds is 4. The van der Waals surface area contributed by atoms with Gasteiger partial charge in [-0.3, -0.25) is 0 Å². The molecule has 2 fully saturated rings. The van der Waals surface area contributed by atoms with Crippen molar-refractivity contribution < 1.29 is 13.5 Å². The van der Waals surface area contributed by atoms with Gasteiger partial charge < -0.3 is 5.11 Å². The molecule has 0 aromatic rings. The lowest BCUT2D eigenvalue weighted by molar-refractivity contribution is -0.00223. The van der Waals surface area contributed by atoms with Crippen LogP contribution in [-0.4, -0.2) is 42.6 Å². The quantitative estimate of drug-likeness (QED) is 0.829. The van der Waals surface area contributed by atoms with Crippen LogP contribution in [0.3, 0.4) is 0 Å². The monoisotopic (exact) mass is 304 g/mol. The Labute approximate surface area is 122 Å². The van der Waals surface area contributed by atoms with Gasteiger partial charge in [0.05, 0.1) is 5.60 Å². The van der Waals surface area contributed by atoms with Crippen LogP contribution in [0.4, 0.5) is 0 Å². The molecule has 0 aromatic heterocycles. The maximum Gasteiger partial charge on any atom is 0.279 e. The maximum atomic E-state index is 12.3. The molecule has 1 saturated carbocycles. The smallest absolute Gasteiger partial charge is 0.279 e. The Morgan fingerprint density at radius 3 is 2.45 bits per heavy atom. The van der Waals surface area contributed by atoms with Gasteiger partial charge in [0, 0.05) is 19.1 Å². The molecule has 0 amide bonds. The summed E-state index contributed by atoms with van der Waals surface area (Å²) in [5, 5.41) is 10.5. The van der Waals surface area contributed by atoms with Gasteiger partial charge in [-0.25, -0.2) is 0 Å². The second kappa shape index (κ2) is 6.30. The molecule has 118 valence electrons. The SMILES string of the molecule is CC1CCC(O)(CNS(=O)(=O)N2CCCCC2C)CC1. The van der Waals surface area contributed by atoms with E-state index in [1.165, 1.54) is 0 Å². The first kappa shape index (κ1) is 16.2. The molecule has 1 saturated heterocycles. The Balaban J connectivity index is 1.91. The molecule has 6 heteroatoms. The van der Waals surface area contributed by atoms with Crippen molar-refractivity contribution in [1.29, 1.82) is 0 Å². The molecule has 2 aliphatic rings. The molecule has 0 aromatic carbocycles. The highest BCUT2D eigenvalue weighted by Gasteiger charge is 2.35. The second-order valence-corrected chi connectivity index (χ2v) is 8.40. The summed E-state index contributed by atoms with van der Waals surface area (Å²) in [5.74, 6) is 0.633. The lowest BCUT2D eigenvalue weighted by Crippen LogP contribution is -2.52. The van der Waals surface area contributed by atoms with Crippen molar-refractivity contribution >= 4 is 10.2 Å². The molecule has 1 atom stereocenters. The Morgan fingerprint density at radius 2 is 1.85 bits per heavy atom. The Morgan fingerprint density at radius 1 is 1.20 bits per heavy atom. The molecule has 1 aliphatic carbocycles. The van der Waals surface area contributed by atoms with E-state index in [9.17, 15) is 13.5 Å². The highest BCUT2D eigenvalue weighted by molar-refractivity contribution is 7.87. The van der Waals surface area contributed by atoms with Crippen molar-refractivity contribution in [3.63, 3.8) is 0 Å². The van der Waals surface area contributed by atoms with E-state index < -0.39 is 15.8 Å². The summed E-state index contributed by atoms with van der Waals surface area (Å²) in [6, 6.07) is 0.0577. The van der Waals surface area contributed by atoms with E-state index in [0.29, 0.717) is 25.3 Å². The number of piperidine rings is 1. The Hall–Kier alpha value is -0.170. The van der Waals surface area contributed by atoms with Crippen molar-refractivity contribution in [3.8, 4) is 0 Å². The number of nitrogens with zero attached hydrogens (tertiary/aromatic N) is 1. The minimum absolute atomic E-state index is 0.0577. The molecule has 0 radical (unpaired) electrons. The fraction of sp³-hybridized carbons (Fsp3) is 1.00. The molecule has 5 nitrogen and oxygen atoms in total. The molecule has 2 rings (SSSR count). The number of aliphatic hydroxyl groups is 1. The summed E-state index contributed by atoms with van der Waals surface area (Å²) in [6.45, 7) is 4.87. The van der Waals surface area contributed by atoms with Crippen LogP contribution in [0.2, 0.25) is 0 Å². The normalized spacial score (nSPS) is 37.0. The summed E-state index contributed by atoms with van der Waals surface area (Å²) in [4.78, 5) is 0. The summed E-state index contributed by atoms with van der Waals surface area (Å²) < 4.78 is 28.9. The first-order valence-corrected chi connectivity index (χ1v) is 9.25. The van der Waals surface area contributed by atoms with E-state index in [0.717, 1.165) is 32.1 Å². The van der Waals surface area contributed by atoms with Crippen LogP contribution in [0.5, 0.6) is 0 Å². The van der Waals surface area contributed by atoms with E-state index in [1.54, 1.807) is 4.31 Å². The van der Waals surface area contributed by atoms with Crippen LogP contribution in [0, 0.1) is 5.92 Å². The van der Waals surface area contributed by atoms with Crippen LogP contribution in [0.25, 0.3) is 0 Å². The first-order valence-electron chi connectivity index (χ1n) is 7.81. The zero-order chi connectivity index (χ0) is 14.8. The summed E-state index contributed by atoms with van der Waals surface area (Å²) >= 11 is 0. The third-order valence-corrected chi connectivity index (χ3v) is 6.51. The van der Waals surface area contributed by atoms with Crippen molar-refractivity contribution in [3.05, 3.63) is 0 Å². The van der Waals surface area contributed by atoms with Crippen molar-refractivity contribution in [1.82, 2.24) is 9.03 Å². The standard InChI is InChI=1S/C14H28N2O3S/c1-12-6-8-14(17,9-7-12)11-15-20(18,19)16-10-4-3-5-13(16)2/h12-13,15,17H,3-11H2,1-2H3. The van der Waals surface area contributed by atoms with Crippen LogP contribution in [-0.2, 0) is 10.2 Å².